The van der Waals surface area contributed by atoms with Crippen LogP contribution < -0.4 is 10.3 Å². The first-order valence-corrected chi connectivity index (χ1v) is 13.8. The van der Waals surface area contributed by atoms with Gasteiger partial charge in [0.2, 0.25) is 5.95 Å². The second-order valence-corrected chi connectivity index (χ2v) is 11.4. The molecule has 0 aliphatic rings. The van der Waals surface area contributed by atoms with Crippen LogP contribution in [0, 0.1) is 0 Å². The maximum absolute atomic E-state index is 13.7. The van der Waals surface area contributed by atoms with Crippen LogP contribution in [0.25, 0.3) is 28.2 Å². The van der Waals surface area contributed by atoms with Crippen molar-refractivity contribution in [2.24, 2.45) is 0 Å². The van der Waals surface area contributed by atoms with Crippen molar-refractivity contribution in [1.29, 1.82) is 0 Å². The molecule has 2 heterocycles. The van der Waals surface area contributed by atoms with Gasteiger partial charge in [-0.15, -0.1) is 0 Å². The Kier molecular flexibility index (Phi) is 8.11. The maximum atomic E-state index is 13.7. The molecule has 0 radical (unpaired) electrons. The van der Waals surface area contributed by atoms with E-state index in [4.69, 9.17) is 21.1 Å². The van der Waals surface area contributed by atoms with E-state index in [1.54, 1.807) is 51.1 Å². The molecular weight excluding hydrogens is 585 g/mol. The lowest BCUT2D eigenvalue weighted by atomic mass is 10.0. The molecule has 5 aromatic rings. The number of imidazole rings is 1. The van der Waals surface area contributed by atoms with Crippen molar-refractivity contribution in [3.8, 4) is 23.0 Å². The van der Waals surface area contributed by atoms with Gasteiger partial charge in [-0.1, -0.05) is 35.9 Å². The quantitative estimate of drug-likeness (QED) is 0.186. The van der Waals surface area contributed by atoms with Gasteiger partial charge >= 0.3 is 12.1 Å². The molecule has 224 valence electrons. The minimum absolute atomic E-state index is 0.216. The number of nitrogens with one attached hydrogen (secondary N) is 2. The zero-order chi connectivity index (χ0) is 30.9. The molecule has 0 atom stereocenters. The second-order valence-electron chi connectivity index (χ2n) is 10.9. The lowest BCUT2D eigenvalue weighted by molar-refractivity contribution is -0.157. The van der Waals surface area contributed by atoms with Gasteiger partial charge in [0, 0.05) is 10.6 Å². The molecule has 12 heteroatoms. The number of carbonyl (C=O) groups excluding carboxylic acids is 1. The predicted octanol–water partition coefficient (Wildman–Crippen LogP) is 6.89. The number of fused-ring (bicyclic) bond motifs is 1. The van der Waals surface area contributed by atoms with E-state index in [1.165, 1.54) is 16.8 Å². The Morgan fingerprint density at radius 2 is 1.67 bits per heavy atom. The summed E-state index contributed by atoms with van der Waals surface area (Å²) in [5.41, 5.74) is 1.48. The van der Waals surface area contributed by atoms with Crippen LogP contribution >= 0.6 is 11.6 Å². The molecule has 8 nitrogen and oxygen atoms in total. The summed E-state index contributed by atoms with van der Waals surface area (Å²) in [5, 5.41) is 3.53. The first-order valence-electron chi connectivity index (χ1n) is 13.4. The number of benzene rings is 3. The number of H-pyrrole nitrogens is 2. The van der Waals surface area contributed by atoms with Gasteiger partial charge < -0.3 is 14.5 Å². The standard InChI is InChI=1S/C31H28ClF3N4O4/c1-30(2,3)43-26(40)17-42-22-12-4-18(5-13-22)6-14-23-27(19-7-9-20(10-8-19)31(33,34)35)38-39(28(23)41)29-36-24-15-11-21(32)16-25(24)37-29/h4-5,7-13,15-16,38H,6,14,17H2,1-3H3,(H,36,37). The number of carbonyl (C=O) groups is 1. The monoisotopic (exact) mass is 612 g/mol. The number of aryl methyl sites for hydroxylation is 1. The number of rotatable bonds is 8. The fourth-order valence-electron chi connectivity index (χ4n) is 4.53. The van der Waals surface area contributed by atoms with Crippen molar-refractivity contribution in [3.63, 3.8) is 0 Å². The van der Waals surface area contributed by atoms with E-state index in [9.17, 15) is 22.8 Å². The van der Waals surface area contributed by atoms with Gasteiger partial charge in [0.25, 0.3) is 5.56 Å². The van der Waals surface area contributed by atoms with Crippen molar-refractivity contribution in [1.82, 2.24) is 19.7 Å². The van der Waals surface area contributed by atoms with Crippen LogP contribution in [-0.4, -0.2) is 37.9 Å². The van der Waals surface area contributed by atoms with Gasteiger partial charge in [0.15, 0.2) is 6.61 Å². The van der Waals surface area contributed by atoms with Gasteiger partial charge in [-0.05, 0) is 87.2 Å². The SMILES string of the molecule is CC(C)(C)OC(=O)COc1ccc(CCc2c(-c3ccc(C(F)(F)F)cc3)[nH]n(-c3nc4ccc(Cl)cc4[nH]3)c2=O)cc1. The fraction of sp³-hybridized carbons (Fsp3) is 0.258. The number of aromatic amines is 2. The van der Waals surface area contributed by atoms with E-state index in [0.29, 0.717) is 45.0 Å². The lowest BCUT2D eigenvalue weighted by Crippen LogP contribution is -2.27. The van der Waals surface area contributed by atoms with Crippen molar-refractivity contribution >= 4 is 28.6 Å². The Bertz CT molecular complexity index is 1820. The second kappa shape index (κ2) is 11.6. The average Bonchev–Trinajstić information content (AvgIpc) is 3.50. The average molecular weight is 613 g/mol. The minimum atomic E-state index is -4.49. The first kappa shape index (κ1) is 30.0. The number of halogens is 4. The maximum Gasteiger partial charge on any atom is 0.416 e. The summed E-state index contributed by atoms with van der Waals surface area (Å²) in [6, 6.07) is 16.8. The first-order chi connectivity index (χ1) is 20.3. The highest BCUT2D eigenvalue weighted by atomic mass is 35.5. The molecule has 0 fully saturated rings. The van der Waals surface area contributed by atoms with Crippen molar-refractivity contribution < 1.29 is 27.4 Å². The Morgan fingerprint density at radius 1 is 0.977 bits per heavy atom. The number of aromatic nitrogens is 4. The normalized spacial score (nSPS) is 12.1. The highest BCUT2D eigenvalue weighted by Gasteiger charge is 2.30. The Hall–Kier alpha value is -4.51. The molecule has 5 rings (SSSR count). The number of hydrogen-bond acceptors (Lipinski definition) is 5. The Balaban J connectivity index is 1.41. The third-order valence-electron chi connectivity index (χ3n) is 6.49. The smallest absolute Gasteiger partial charge is 0.416 e. The van der Waals surface area contributed by atoms with Crippen LogP contribution in [0.15, 0.2) is 71.5 Å². The molecule has 0 amide bonds. The molecule has 0 bridgehead atoms. The summed E-state index contributed by atoms with van der Waals surface area (Å²) in [7, 11) is 0. The van der Waals surface area contributed by atoms with Gasteiger partial charge in [-0.25, -0.2) is 9.78 Å². The van der Waals surface area contributed by atoms with E-state index < -0.39 is 28.9 Å². The summed E-state index contributed by atoms with van der Waals surface area (Å²) in [4.78, 5) is 33.1. The van der Waals surface area contributed by atoms with E-state index in [1.807, 2.05) is 12.1 Å². The highest BCUT2D eigenvalue weighted by Crippen LogP contribution is 2.31. The molecule has 0 aliphatic heterocycles. The van der Waals surface area contributed by atoms with Crippen molar-refractivity contribution in [2.45, 2.75) is 45.4 Å². The van der Waals surface area contributed by atoms with Gasteiger partial charge in [-0.3, -0.25) is 9.89 Å². The third-order valence-corrected chi connectivity index (χ3v) is 6.73. The predicted molar refractivity (Wildman–Crippen MR) is 157 cm³/mol. The number of ether oxygens (including phenoxy) is 2. The van der Waals surface area contributed by atoms with E-state index >= 15 is 0 Å². The molecule has 2 N–H and O–H groups in total. The number of alkyl halides is 3. The molecule has 0 saturated carbocycles. The molecule has 3 aromatic carbocycles. The Morgan fingerprint density at radius 3 is 2.33 bits per heavy atom. The van der Waals surface area contributed by atoms with Gasteiger partial charge in [0.05, 0.1) is 22.3 Å². The molecule has 0 unspecified atom stereocenters. The van der Waals surface area contributed by atoms with Crippen LogP contribution in [0.2, 0.25) is 5.02 Å². The third kappa shape index (κ3) is 7.11. The topological polar surface area (TPSA) is 102 Å². The number of hydrogen-bond donors (Lipinski definition) is 2. The molecule has 43 heavy (non-hydrogen) atoms. The molecule has 0 spiro atoms. The summed E-state index contributed by atoms with van der Waals surface area (Å²) < 4.78 is 51.6. The minimum Gasteiger partial charge on any atom is -0.482 e. The summed E-state index contributed by atoms with van der Waals surface area (Å²) in [6.07, 6.45) is -3.76. The molecule has 2 aromatic heterocycles. The van der Waals surface area contributed by atoms with E-state index in [-0.39, 0.29) is 19.0 Å². The van der Waals surface area contributed by atoms with E-state index in [0.717, 1.165) is 17.7 Å². The molecule has 0 aliphatic carbocycles. The highest BCUT2D eigenvalue weighted by molar-refractivity contribution is 6.31. The molecule has 0 saturated heterocycles. The van der Waals surface area contributed by atoms with Crippen LogP contribution in [0.1, 0.15) is 37.5 Å². The zero-order valence-corrected chi connectivity index (χ0v) is 24.3. The zero-order valence-electron chi connectivity index (χ0n) is 23.5. The number of nitrogens with zero attached hydrogens (tertiary/aromatic N) is 2. The van der Waals surface area contributed by atoms with E-state index in [2.05, 4.69) is 15.1 Å². The van der Waals surface area contributed by atoms with Crippen molar-refractivity contribution in [3.05, 3.63) is 98.8 Å². The summed E-state index contributed by atoms with van der Waals surface area (Å²) in [5.74, 6) is 0.214. The molecular formula is C31H28ClF3N4O4. The lowest BCUT2D eigenvalue weighted by Gasteiger charge is -2.19. The summed E-state index contributed by atoms with van der Waals surface area (Å²) in [6.45, 7) is 5.09. The largest absolute Gasteiger partial charge is 0.482 e. The van der Waals surface area contributed by atoms with Crippen LogP contribution in [0.4, 0.5) is 13.2 Å². The van der Waals surface area contributed by atoms with Gasteiger partial charge in [-0.2, -0.15) is 17.9 Å². The number of esters is 1. The van der Waals surface area contributed by atoms with Crippen LogP contribution in [0.3, 0.4) is 0 Å². The summed E-state index contributed by atoms with van der Waals surface area (Å²) >= 11 is 6.09. The van der Waals surface area contributed by atoms with Crippen LogP contribution in [0.5, 0.6) is 5.75 Å². The fourth-order valence-corrected chi connectivity index (χ4v) is 4.70. The Labute approximate surface area is 249 Å². The van der Waals surface area contributed by atoms with Crippen LogP contribution in [-0.2, 0) is 28.5 Å². The van der Waals surface area contributed by atoms with Gasteiger partial charge in [0.1, 0.15) is 11.4 Å². The van der Waals surface area contributed by atoms with Crippen molar-refractivity contribution in [2.75, 3.05) is 6.61 Å².